The zero-order valence-corrected chi connectivity index (χ0v) is 23.8. The van der Waals surface area contributed by atoms with Gasteiger partial charge >= 0.3 is 62.1 Å². The molecule has 0 saturated heterocycles. The van der Waals surface area contributed by atoms with E-state index in [1.54, 1.807) is 0 Å². The maximum atomic E-state index is 3.23. The molecular weight excluding hydrogens is 599 g/mol. The van der Waals surface area contributed by atoms with Crippen LogP contribution in [0, 0.1) is 0 Å². The molecule has 0 N–H and O–H groups in total. The third kappa shape index (κ3) is 17.5. The molecule has 0 aliphatic carbocycles. The van der Waals surface area contributed by atoms with Crippen molar-refractivity contribution in [2.75, 3.05) is 52.4 Å². The van der Waals surface area contributed by atoms with E-state index in [9.17, 15) is 0 Å². The van der Waals surface area contributed by atoms with E-state index in [0.29, 0.717) is 0 Å². The van der Waals surface area contributed by atoms with Crippen LogP contribution in [0.4, 0.5) is 0 Å². The number of hydrogen-bond acceptors (Lipinski definition) is 0. The first kappa shape index (κ1) is 30.1. The Bertz CT molecular complexity index is 192. The number of nitrogens with zero attached hydrogens (tertiary/aromatic N) is 2. The van der Waals surface area contributed by atoms with Crippen molar-refractivity contribution in [2.45, 2.75) is 55.4 Å². The van der Waals surface area contributed by atoms with Crippen LogP contribution in [0.1, 0.15) is 55.4 Å². The third-order valence-corrected chi connectivity index (χ3v) is 5.37. The Balaban J connectivity index is -0.000000273. The van der Waals surface area contributed by atoms with E-state index in [0.717, 1.165) is 0 Å². The molecule has 0 saturated carbocycles. The number of hydrogen-bond donors (Lipinski definition) is 0. The quantitative estimate of drug-likeness (QED) is 0.248. The Hall–Kier alpha value is 2.35. The van der Waals surface area contributed by atoms with Gasteiger partial charge in [-0.2, -0.15) is 0 Å². The molecule has 0 aromatic carbocycles. The van der Waals surface area contributed by atoms with E-state index in [2.05, 4.69) is 112 Å². The zero-order chi connectivity index (χ0) is 19.2. The third-order valence-electron chi connectivity index (χ3n) is 5.37. The molecule has 151 valence electrons. The van der Waals surface area contributed by atoms with Crippen molar-refractivity contribution in [2.24, 2.45) is 0 Å². The van der Waals surface area contributed by atoms with Crippen LogP contribution >= 0.6 is 56.7 Å². The van der Waals surface area contributed by atoms with Crippen molar-refractivity contribution in [1.29, 1.82) is 0 Å². The molecule has 0 radical (unpaired) electrons. The summed E-state index contributed by atoms with van der Waals surface area (Å²) in [5.41, 5.74) is -1.12. The van der Waals surface area contributed by atoms with Crippen LogP contribution in [0.25, 0.3) is 0 Å². The second kappa shape index (κ2) is 16.5. The predicted octanol–water partition coefficient (Wildman–Crippen LogP) is 7.15. The molecule has 0 aliphatic heterocycles. The fourth-order valence-electron chi connectivity index (χ4n) is 2.68. The molecule has 2 nitrogen and oxygen atoms in total. The molecule has 7 heteroatoms. The number of rotatable bonds is 8. The molecule has 0 aromatic heterocycles. The first-order chi connectivity index (χ1) is 10.5. The summed E-state index contributed by atoms with van der Waals surface area (Å²) >= 11 is 12.9. The SMILES string of the molecule is CC[N+](CC)(CC)CC.CC[N+](CC)(CC)CC.[Br][Co-2]([Br])([Br])[Br]. The molecule has 0 spiro atoms. The molecule has 0 unspecified atom stereocenters. The summed E-state index contributed by atoms with van der Waals surface area (Å²) in [5, 5.41) is 0. The average molecular weight is 639 g/mol. The van der Waals surface area contributed by atoms with E-state index in [1.807, 2.05) is 0 Å². The summed E-state index contributed by atoms with van der Waals surface area (Å²) in [6.07, 6.45) is 0. The second-order valence-electron chi connectivity index (χ2n) is 5.50. The van der Waals surface area contributed by atoms with Crippen LogP contribution in [0.2, 0.25) is 0 Å². The van der Waals surface area contributed by atoms with E-state index in [1.165, 1.54) is 61.3 Å². The van der Waals surface area contributed by atoms with Gasteiger partial charge in [0.05, 0.1) is 52.4 Å². The summed E-state index contributed by atoms with van der Waals surface area (Å²) < 4.78 is 2.56. The van der Waals surface area contributed by atoms with Gasteiger partial charge in [-0.05, 0) is 55.4 Å². The Labute approximate surface area is 177 Å². The van der Waals surface area contributed by atoms with Crippen molar-refractivity contribution >= 4 is 56.7 Å². The molecule has 0 aliphatic rings. The minimum atomic E-state index is -1.12. The van der Waals surface area contributed by atoms with Crippen LogP contribution < -0.4 is 0 Å². The standard InChI is InChI=1S/2C8H20N.4BrH.Co/c2*1-5-9(6-2,7-3)8-4;;;;;/h2*5-8H2,1-4H3;4*1H;/q2*+1;;;;;+2/p-4. The monoisotopic (exact) mass is 635 g/mol. The normalized spacial score (nSPS) is 12.7. The van der Waals surface area contributed by atoms with Gasteiger partial charge in [0, 0.05) is 0 Å². The maximum absolute atomic E-state index is 3.23. The Morgan fingerprint density at radius 1 is 0.435 bits per heavy atom. The van der Waals surface area contributed by atoms with Crippen molar-refractivity contribution < 1.29 is 14.4 Å². The van der Waals surface area contributed by atoms with E-state index < -0.39 is 5.46 Å². The average Bonchev–Trinajstić information content (AvgIpc) is 2.52. The van der Waals surface area contributed by atoms with Gasteiger partial charge in [0.25, 0.3) is 0 Å². The van der Waals surface area contributed by atoms with Gasteiger partial charge < -0.3 is 8.97 Å². The second-order valence-corrected chi connectivity index (χ2v) is 37.0. The summed E-state index contributed by atoms with van der Waals surface area (Å²) in [5.74, 6) is 0. The van der Waals surface area contributed by atoms with Gasteiger partial charge in [0.15, 0.2) is 0 Å². The molecule has 0 heterocycles. The first-order valence-corrected chi connectivity index (χ1v) is 19.0. The van der Waals surface area contributed by atoms with Crippen LogP contribution in [0.3, 0.4) is 0 Å². The fourth-order valence-corrected chi connectivity index (χ4v) is 2.68. The molecule has 0 bridgehead atoms. The van der Waals surface area contributed by atoms with E-state index in [4.69, 9.17) is 0 Å². The number of quaternary nitrogens is 2. The van der Waals surface area contributed by atoms with Gasteiger partial charge in [-0.1, -0.05) is 0 Å². The van der Waals surface area contributed by atoms with Gasteiger partial charge in [0.1, 0.15) is 0 Å². The van der Waals surface area contributed by atoms with Crippen molar-refractivity contribution in [3.8, 4) is 0 Å². The number of halogens is 4. The van der Waals surface area contributed by atoms with Crippen molar-refractivity contribution in [1.82, 2.24) is 0 Å². The van der Waals surface area contributed by atoms with E-state index >= 15 is 0 Å². The molecular formula is C16H40Br4CoN2. The van der Waals surface area contributed by atoms with Gasteiger partial charge in [0.2, 0.25) is 0 Å². The predicted molar refractivity (Wildman–Crippen MR) is 121 cm³/mol. The fraction of sp³-hybridized carbons (Fsp3) is 1.00. The van der Waals surface area contributed by atoms with Crippen LogP contribution in [0.15, 0.2) is 0 Å². The molecule has 0 fully saturated rings. The zero-order valence-electron chi connectivity index (χ0n) is 16.4. The Morgan fingerprint density at radius 3 is 0.522 bits per heavy atom. The Kier molecular flexibility index (Phi) is 21.6. The summed E-state index contributed by atoms with van der Waals surface area (Å²) in [6.45, 7) is 28.4. The molecule has 0 amide bonds. The minimum absolute atomic E-state index is 1.12. The van der Waals surface area contributed by atoms with Gasteiger partial charge in [-0.25, -0.2) is 0 Å². The molecule has 0 aromatic rings. The topological polar surface area (TPSA) is 0 Å². The first-order valence-electron chi connectivity index (χ1n) is 8.69. The van der Waals surface area contributed by atoms with E-state index in [-0.39, 0.29) is 0 Å². The Morgan fingerprint density at radius 2 is 0.522 bits per heavy atom. The van der Waals surface area contributed by atoms with Gasteiger partial charge in [-0.3, -0.25) is 0 Å². The summed E-state index contributed by atoms with van der Waals surface area (Å²) in [6, 6.07) is 0. The summed E-state index contributed by atoms with van der Waals surface area (Å²) in [4.78, 5) is 0. The van der Waals surface area contributed by atoms with Crippen molar-refractivity contribution in [3.05, 3.63) is 0 Å². The van der Waals surface area contributed by atoms with Crippen LogP contribution in [-0.2, 0) is 5.46 Å². The molecule has 23 heavy (non-hydrogen) atoms. The van der Waals surface area contributed by atoms with Gasteiger partial charge in [-0.15, -0.1) is 0 Å². The summed E-state index contributed by atoms with van der Waals surface area (Å²) in [7, 11) is 0. The molecule has 0 atom stereocenters. The molecule has 0 rings (SSSR count). The van der Waals surface area contributed by atoms with Crippen LogP contribution in [-0.4, -0.2) is 61.3 Å². The van der Waals surface area contributed by atoms with Crippen LogP contribution in [0.5, 0.6) is 0 Å². The van der Waals surface area contributed by atoms with Crippen molar-refractivity contribution in [3.63, 3.8) is 0 Å².